The molecule has 0 radical (unpaired) electrons. The zero-order chi connectivity index (χ0) is 13.0. The van der Waals surface area contributed by atoms with Crippen molar-refractivity contribution in [2.24, 2.45) is 0 Å². The van der Waals surface area contributed by atoms with Gasteiger partial charge in [0.2, 0.25) is 0 Å². The highest BCUT2D eigenvalue weighted by molar-refractivity contribution is 5.81. The van der Waals surface area contributed by atoms with E-state index in [0.29, 0.717) is 11.3 Å². The number of hydrogen-bond donors (Lipinski definition) is 0. The molecule has 0 amide bonds. The lowest BCUT2D eigenvalue weighted by Crippen LogP contribution is -1.96. The molecule has 0 atom stereocenters. The van der Waals surface area contributed by atoms with Crippen LogP contribution in [0.3, 0.4) is 0 Å². The minimum Gasteiger partial charge on any atom is -0.466 e. The highest BCUT2D eigenvalue weighted by Crippen LogP contribution is 2.19. The number of ether oxygens (including phenoxy) is 2. The predicted octanol–water partition coefficient (Wildman–Crippen LogP) is 1.86. The van der Waals surface area contributed by atoms with Crippen molar-refractivity contribution in [3.05, 3.63) is 53.1 Å². The van der Waals surface area contributed by atoms with Crippen molar-refractivity contribution in [3.8, 4) is 5.75 Å². The molecule has 92 valence electrons. The lowest BCUT2D eigenvalue weighted by Gasteiger charge is -2.01. The van der Waals surface area contributed by atoms with Gasteiger partial charge in [0.15, 0.2) is 0 Å². The fourth-order valence-corrected chi connectivity index (χ4v) is 1.35. The Bertz CT molecular complexity index is 654. The van der Waals surface area contributed by atoms with Gasteiger partial charge in [-0.3, -0.25) is 0 Å². The first-order valence-electron chi connectivity index (χ1n) is 5.14. The third-order valence-corrected chi connectivity index (χ3v) is 2.20. The van der Waals surface area contributed by atoms with E-state index in [-0.39, 0.29) is 0 Å². The molecule has 0 fully saturated rings. The van der Waals surface area contributed by atoms with Gasteiger partial charge in [0.05, 0.1) is 19.4 Å². The Hall–Kier alpha value is -2.56. The van der Waals surface area contributed by atoms with E-state index in [4.69, 9.17) is 9.15 Å². The molecule has 2 aromatic rings. The molecule has 0 saturated carbocycles. The summed E-state index contributed by atoms with van der Waals surface area (Å²) in [6.07, 6.45) is 2.35. The Labute approximate surface area is 102 Å². The van der Waals surface area contributed by atoms with E-state index >= 15 is 0 Å². The van der Waals surface area contributed by atoms with Crippen molar-refractivity contribution >= 4 is 16.9 Å². The van der Waals surface area contributed by atoms with Crippen LogP contribution in [0.15, 0.2) is 51.9 Å². The predicted molar refractivity (Wildman–Crippen MR) is 64.3 cm³/mol. The minimum absolute atomic E-state index is 0.423. The van der Waals surface area contributed by atoms with E-state index < -0.39 is 11.6 Å². The van der Waals surface area contributed by atoms with Gasteiger partial charge in [-0.05, 0) is 18.2 Å². The molecular weight excluding hydrogens is 236 g/mol. The number of fused-ring (bicyclic) bond motifs is 1. The Kier molecular flexibility index (Phi) is 3.43. The Balaban J connectivity index is 2.22. The van der Waals surface area contributed by atoms with Gasteiger partial charge in [-0.2, -0.15) is 0 Å². The quantitative estimate of drug-likeness (QED) is 0.358. The normalized spacial score (nSPS) is 10.7. The molecule has 1 aromatic carbocycles. The highest BCUT2D eigenvalue weighted by atomic mass is 16.5. The maximum absolute atomic E-state index is 11.1. The van der Waals surface area contributed by atoms with Crippen LogP contribution in [0.4, 0.5) is 0 Å². The molecule has 5 heteroatoms. The SMILES string of the molecule is COC(=O)/C=C/Oc1ccc2ccc(=O)oc2c1. The van der Waals surface area contributed by atoms with Crippen LogP contribution >= 0.6 is 0 Å². The second-order valence-corrected chi connectivity index (χ2v) is 3.40. The van der Waals surface area contributed by atoms with Crippen LogP contribution in [0.2, 0.25) is 0 Å². The Morgan fingerprint density at radius 1 is 1.28 bits per heavy atom. The van der Waals surface area contributed by atoms with Crippen LogP contribution in [0.1, 0.15) is 0 Å². The third-order valence-electron chi connectivity index (χ3n) is 2.20. The van der Waals surface area contributed by atoms with Crippen LogP contribution in [-0.4, -0.2) is 13.1 Å². The number of carbonyl (C=O) groups excluding carboxylic acids is 1. The summed E-state index contributed by atoms with van der Waals surface area (Å²) in [5, 5.41) is 0.791. The largest absolute Gasteiger partial charge is 0.466 e. The summed E-state index contributed by atoms with van der Waals surface area (Å²) in [4.78, 5) is 21.9. The number of hydrogen-bond acceptors (Lipinski definition) is 5. The first-order chi connectivity index (χ1) is 8.69. The van der Waals surface area contributed by atoms with Gasteiger partial charge in [0.25, 0.3) is 0 Å². The second kappa shape index (κ2) is 5.18. The van der Waals surface area contributed by atoms with Crippen molar-refractivity contribution in [2.75, 3.05) is 7.11 Å². The van der Waals surface area contributed by atoms with Gasteiger partial charge in [-0.25, -0.2) is 9.59 Å². The number of methoxy groups -OCH3 is 1. The lowest BCUT2D eigenvalue weighted by atomic mass is 10.2. The van der Waals surface area contributed by atoms with Crippen LogP contribution in [0, 0.1) is 0 Å². The Morgan fingerprint density at radius 2 is 2.06 bits per heavy atom. The standard InChI is InChI=1S/C13H10O5/c1-16-12(14)6-7-17-10-4-2-9-3-5-13(15)18-11(9)8-10/h2-8H,1H3/b7-6+. The van der Waals surface area contributed by atoms with Gasteiger partial charge in [-0.15, -0.1) is 0 Å². The summed E-state index contributed by atoms with van der Waals surface area (Å²) in [5.41, 5.74) is -0.00350. The maximum atomic E-state index is 11.1. The fourth-order valence-electron chi connectivity index (χ4n) is 1.35. The number of benzene rings is 1. The van der Waals surface area contributed by atoms with Crippen LogP contribution in [0.25, 0.3) is 11.0 Å². The second-order valence-electron chi connectivity index (χ2n) is 3.40. The third kappa shape index (κ3) is 2.76. The van der Waals surface area contributed by atoms with E-state index in [1.54, 1.807) is 24.3 Å². The zero-order valence-corrected chi connectivity index (χ0v) is 9.58. The fraction of sp³-hybridized carbons (Fsp3) is 0.0769. The van der Waals surface area contributed by atoms with E-state index in [9.17, 15) is 9.59 Å². The number of rotatable bonds is 3. The van der Waals surface area contributed by atoms with Gasteiger partial charge in [-0.1, -0.05) is 0 Å². The van der Waals surface area contributed by atoms with Gasteiger partial charge >= 0.3 is 11.6 Å². The molecule has 1 heterocycles. The van der Waals surface area contributed by atoms with Gasteiger partial charge < -0.3 is 13.9 Å². The van der Waals surface area contributed by atoms with Gasteiger partial charge in [0, 0.05) is 17.5 Å². The zero-order valence-electron chi connectivity index (χ0n) is 9.58. The smallest absolute Gasteiger partial charge is 0.336 e. The first kappa shape index (κ1) is 11.9. The van der Waals surface area contributed by atoms with Crippen molar-refractivity contribution in [1.82, 2.24) is 0 Å². The molecule has 0 saturated heterocycles. The molecule has 0 bridgehead atoms. The van der Waals surface area contributed by atoms with E-state index in [1.807, 2.05) is 0 Å². The molecule has 0 aliphatic carbocycles. The average Bonchev–Trinajstić information content (AvgIpc) is 2.38. The van der Waals surface area contributed by atoms with Crippen molar-refractivity contribution in [2.45, 2.75) is 0 Å². The number of esters is 1. The molecule has 0 N–H and O–H groups in total. The topological polar surface area (TPSA) is 65.7 Å². The molecule has 0 spiro atoms. The molecule has 18 heavy (non-hydrogen) atoms. The van der Waals surface area contributed by atoms with Crippen LogP contribution < -0.4 is 10.4 Å². The number of carbonyl (C=O) groups is 1. The van der Waals surface area contributed by atoms with E-state index in [2.05, 4.69) is 4.74 Å². The molecule has 0 aliphatic rings. The summed E-state index contributed by atoms with van der Waals surface area (Å²) >= 11 is 0. The Morgan fingerprint density at radius 3 is 2.83 bits per heavy atom. The summed E-state index contributed by atoms with van der Waals surface area (Å²) in [6.45, 7) is 0. The summed E-state index contributed by atoms with van der Waals surface area (Å²) in [5.74, 6) is -0.0562. The first-order valence-corrected chi connectivity index (χ1v) is 5.14. The molecule has 2 rings (SSSR count). The van der Waals surface area contributed by atoms with Crippen molar-refractivity contribution in [3.63, 3.8) is 0 Å². The maximum Gasteiger partial charge on any atom is 0.336 e. The molecular formula is C13H10O5. The monoisotopic (exact) mass is 246 g/mol. The van der Waals surface area contributed by atoms with Crippen LogP contribution in [-0.2, 0) is 9.53 Å². The molecule has 5 nitrogen and oxygen atoms in total. The minimum atomic E-state index is -0.512. The lowest BCUT2D eigenvalue weighted by molar-refractivity contribution is -0.134. The van der Waals surface area contributed by atoms with Crippen molar-refractivity contribution in [1.29, 1.82) is 0 Å². The molecule has 0 aliphatic heterocycles. The molecule has 1 aromatic heterocycles. The summed E-state index contributed by atoms with van der Waals surface area (Å²) < 4.78 is 14.6. The summed E-state index contributed by atoms with van der Waals surface area (Å²) in [6, 6.07) is 8.02. The molecule has 0 unspecified atom stereocenters. The van der Waals surface area contributed by atoms with Crippen molar-refractivity contribution < 1.29 is 18.7 Å². The van der Waals surface area contributed by atoms with Crippen LogP contribution in [0.5, 0.6) is 5.75 Å². The highest BCUT2D eigenvalue weighted by Gasteiger charge is 1.99. The van der Waals surface area contributed by atoms with E-state index in [0.717, 1.165) is 11.5 Å². The van der Waals surface area contributed by atoms with E-state index in [1.165, 1.54) is 19.4 Å². The van der Waals surface area contributed by atoms with Gasteiger partial charge in [0.1, 0.15) is 11.3 Å². The summed E-state index contributed by atoms with van der Waals surface area (Å²) in [7, 11) is 1.28. The average molecular weight is 246 g/mol.